The van der Waals surface area contributed by atoms with Crippen molar-refractivity contribution in [2.75, 3.05) is 13.5 Å². The fourth-order valence-corrected chi connectivity index (χ4v) is 2.83. The van der Waals surface area contributed by atoms with Crippen molar-refractivity contribution in [2.24, 2.45) is 0 Å². The minimum Gasteiger partial charge on any atom is -0.480 e. The lowest BCUT2D eigenvalue weighted by atomic mass is 10.1. The van der Waals surface area contributed by atoms with E-state index in [4.69, 9.17) is 14.6 Å². The van der Waals surface area contributed by atoms with E-state index in [-0.39, 0.29) is 6.42 Å². The number of nitrogens with one attached hydrogen (secondary N) is 2. The number of carbonyl (C=O) groups excluding carboxylic acids is 1. The van der Waals surface area contributed by atoms with E-state index in [1.54, 1.807) is 0 Å². The number of carboxylic acid groups (broad SMARTS) is 1. The maximum atomic E-state index is 11.9. The number of nitrogens with zero attached hydrogens (tertiary/aromatic N) is 1. The van der Waals surface area contributed by atoms with Gasteiger partial charge in [0, 0.05) is 17.5 Å². The number of allylic oxidation sites excluding steroid dienone is 2. The molecule has 0 bridgehead atoms. The topological polar surface area (TPSA) is 93.5 Å². The molecule has 0 rings (SSSR count). The number of carbonyl (C=O) groups is 2. The highest BCUT2D eigenvalue weighted by molar-refractivity contribution is 5.96. The molecule has 0 aliphatic rings. The minimum atomic E-state index is -2.80. The molecule has 0 aromatic rings. The van der Waals surface area contributed by atoms with Gasteiger partial charge in [-0.15, -0.1) is 0 Å². The Kier molecular flexibility index (Phi) is 13.8. The fraction of sp³-hybridized carbons (Fsp3) is 0.773. The molecule has 0 saturated heterocycles. The van der Waals surface area contributed by atoms with Crippen molar-refractivity contribution < 1.29 is 18.8 Å². The van der Waals surface area contributed by atoms with Crippen molar-refractivity contribution >= 4 is 17.8 Å². The van der Waals surface area contributed by atoms with E-state index >= 15 is 0 Å². The number of rotatable bonds is 17. The van der Waals surface area contributed by atoms with Gasteiger partial charge in [-0.25, -0.2) is 0 Å². The summed E-state index contributed by atoms with van der Waals surface area (Å²) in [7, 11) is 0. The van der Waals surface area contributed by atoms with Crippen molar-refractivity contribution in [1.29, 1.82) is 5.41 Å². The number of unbranched alkanes of at least 4 members (excludes halogenated alkanes) is 11. The van der Waals surface area contributed by atoms with Crippen LogP contribution in [0, 0.1) is 5.41 Å². The largest absolute Gasteiger partial charge is 0.480 e. The smallest absolute Gasteiger partial charge is 0.323 e. The highest BCUT2D eigenvalue weighted by Crippen LogP contribution is 2.10. The van der Waals surface area contributed by atoms with Gasteiger partial charge in [-0.1, -0.05) is 70.4 Å². The molecule has 6 heteroatoms. The van der Waals surface area contributed by atoms with Gasteiger partial charge >= 0.3 is 5.97 Å². The average molecular weight is 399 g/mol. The van der Waals surface area contributed by atoms with E-state index in [0.29, 0.717) is 11.3 Å². The molecule has 0 heterocycles. The third-order valence-electron chi connectivity index (χ3n) is 4.49. The average Bonchev–Trinajstić information content (AvgIpc) is 2.68. The van der Waals surface area contributed by atoms with Gasteiger partial charge in [-0.2, -0.15) is 0 Å². The van der Waals surface area contributed by atoms with Gasteiger partial charge in [-0.05, 0) is 32.1 Å². The van der Waals surface area contributed by atoms with E-state index in [2.05, 4.69) is 24.4 Å². The Morgan fingerprint density at radius 1 is 0.964 bits per heavy atom. The van der Waals surface area contributed by atoms with Crippen LogP contribution in [0.5, 0.6) is 0 Å². The third-order valence-corrected chi connectivity index (χ3v) is 4.49. The predicted molar refractivity (Wildman–Crippen MR) is 116 cm³/mol. The van der Waals surface area contributed by atoms with Crippen LogP contribution < -0.4 is 5.32 Å². The minimum absolute atomic E-state index is 0.173. The lowest BCUT2D eigenvalue weighted by Gasteiger charge is -2.17. The maximum absolute atomic E-state index is 11.9. The molecule has 0 radical (unpaired) electrons. The second-order valence-corrected chi connectivity index (χ2v) is 7.21. The molecular weight excluding hydrogens is 354 g/mol. The van der Waals surface area contributed by atoms with Crippen LogP contribution in [0.3, 0.4) is 0 Å². The summed E-state index contributed by atoms with van der Waals surface area (Å²) in [5.74, 6) is -2.57. The van der Waals surface area contributed by atoms with E-state index in [0.717, 1.165) is 25.7 Å². The second kappa shape index (κ2) is 18.5. The zero-order valence-electron chi connectivity index (χ0n) is 20.5. The van der Waals surface area contributed by atoms with Crippen molar-refractivity contribution in [1.82, 2.24) is 10.2 Å². The Morgan fingerprint density at radius 3 is 2.04 bits per heavy atom. The molecule has 1 amide bonds. The van der Waals surface area contributed by atoms with Gasteiger partial charge < -0.3 is 10.0 Å². The van der Waals surface area contributed by atoms with Crippen LogP contribution in [-0.2, 0) is 9.59 Å². The summed E-state index contributed by atoms with van der Waals surface area (Å²) >= 11 is 0. The summed E-state index contributed by atoms with van der Waals surface area (Å²) in [6, 6.07) is 0. The van der Waals surface area contributed by atoms with Crippen LogP contribution in [0.4, 0.5) is 0 Å². The van der Waals surface area contributed by atoms with Crippen molar-refractivity contribution in [3.05, 3.63) is 12.2 Å². The normalized spacial score (nSPS) is 13.0. The highest BCUT2D eigenvalue weighted by Gasteiger charge is 2.11. The number of carboxylic acids is 1. The first-order chi connectivity index (χ1) is 14.7. The van der Waals surface area contributed by atoms with E-state index in [9.17, 15) is 9.59 Å². The van der Waals surface area contributed by atoms with Crippen LogP contribution in [0.2, 0.25) is 0 Å². The molecule has 0 aliphatic carbocycles. The molecule has 0 fully saturated rings. The van der Waals surface area contributed by atoms with Crippen molar-refractivity contribution in [2.45, 2.75) is 96.8 Å². The zero-order valence-corrected chi connectivity index (χ0v) is 17.5. The summed E-state index contributed by atoms with van der Waals surface area (Å²) < 4.78 is 21.8. The van der Waals surface area contributed by atoms with Gasteiger partial charge in [0.25, 0.3) is 0 Å². The molecule has 6 nitrogen and oxygen atoms in total. The molecule has 0 aromatic carbocycles. The number of hydrogen-bond acceptors (Lipinski definition) is 3. The van der Waals surface area contributed by atoms with Crippen LogP contribution in [0.1, 0.15) is 101 Å². The Balaban J connectivity index is 3.75. The summed E-state index contributed by atoms with van der Waals surface area (Å²) in [6.45, 7) is -1.44. The highest BCUT2D eigenvalue weighted by atomic mass is 16.4. The quantitative estimate of drug-likeness (QED) is 0.138. The number of likely N-dealkylation sites (N-methyl/N-ethyl adjacent to an activating group) is 1. The fourth-order valence-electron chi connectivity index (χ4n) is 2.83. The molecule has 3 N–H and O–H groups in total. The van der Waals surface area contributed by atoms with Gasteiger partial charge in [0.2, 0.25) is 5.91 Å². The van der Waals surface area contributed by atoms with E-state index < -0.39 is 31.4 Å². The molecule has 0 aromatic heterocycles. The summed E-state index contributed by atoms with van der Waals surface area (Å²) in [5, 5.41) is 18.6. The zero-order chi connectivity index (χ0) is 23.5. The Bertz CT molecular complexity index is 552. The third kappa shape index (κ3) is 17.6. The van der Waals surface area contributed by atoms with E-state index in [1.165, 1.54) is 51.4 Å². The van der Waals surface area contributed by atoms with Gasteiger partial charge in [0.1, 0.15) is 6.54 Å². The molecular formula is C22H41N3O3. The van der Waals surface area contributed by atoms with Crippen LogP contribution >= 0.6 is 0 Å². The van der Waals surface area contributed by atoms with Gasteiger partial charge in [0.05, 0.1) is 0 Å². The summed E-state index contributed by atoms with van der Waals surface area (Å²) in [5.41, 5.74) is 0. The number of amides is 1. The SMILES string of the molecule is [2H]C([2H])([2H])N(CC(=O)O)C(=N)NC(=O)CCCCC/C=C\CCCCCCCCCC. The molecule has 0 unspecified atom stereocenters. The Labute approximate surface area is 175 Å². The monoisotopic (exact) mass is 398 g/mol. The number of guanidine groups is 1. The van der Waals surface area contributed by atoms with Gasteiger partial charge in [-0.3, -0.25) is 20.3 Å². The van der Waals surface area contributed by atoms with Gasteiger partial charge in [0.15, 0.2) is 5.96 Å². The summed E-state index contributed by atoms with van der Waals surface area (Å²) in [4.78, 5) is 23.0. The van der Waals surface area contributed by atoms with Crippen molar-refractivity contribution in [3.63, 3.8) is 0 Å². The predicted octanol–water partition coefficient (Wildman–Crippen LogP) is 5.09. The first-order valence-corrected chi connectivity index (χ1v) is 10.7. The standard InChI is InChI=1S/C22H41N3O3/c1-3-4-5-6-7-8-9-10-11-12-13-14-15-16-17-18-20(26)24-22(23)25(2)19-21(27)28/h12-13H,3-11,14-19H2,1-2H3,(H,27,28)(H2,23,24,26)/b13-12-/i2D3. The molecule has 0 atom stereocenters. The molecule has 28 heavy (non-hydrogen) atoms. The van der Waals surface area contributed by atoms with Crippen molar-refractivity contribution in [3.8, 4) is 0 Å². The van der Waals surface area contributed by atoms with Crippen LogP contribution in [0.25, 0.3) is 0 Å². The van der Waals surface area contributed by atoms with Crippen LogP contribution in [-0.4, -0.2) is 41.4 Å². The molecule has 0 saturated carbocycles. The first-order valence-electron chi connectivity index (χ1n) is 12.2. The Morgan fingerprint density at radius 2 is 1.50 bits per heavy atom. The second-order valence-electron chi connectivity index (χ2n) is 7.21. The first kappa shape index (κ1) is 20.9. The molecule has 0 spiro atoms. The molecule has 162 valence electrons. The molecule has 0 aliphatic heterocycles. The Hall–Kier alpha value is -1.85. The lowest BCUT2D eigenvalue weighted by Crippen LogP contribution is -2.43. The van der Waals surface area contributed by atoms with E-state index in [1.807, 2.05) is 0 Å². The number of hydrogen-bond donors (Lipinski definition) is 3. The van der Waals surface area contributed by atoms with Crippen LogP contribution in [0.15, 0.2) is 12.2 Å². The maximum Gasteiger partial charge on any atom is 0.323 e. The summed E-state index contributed by atoms with van der Waals surface area (Å²) in [6.07, 6.45) is 19.8. The number of aliphatic carboxylic acids is 1. The lowest BCUT2D eigenvalue weighted by molar-refractivity contribution is -0.137.